The Bertz CT molecular complexity index is 356. The summed E-state index contributed by atoms with van der Waals surface area (Å²) >= 11 is 3.25. The van der Waals surface area contributed by atoms with Crippen LogP contribution in [-0.4, -0.2) is 29.0 Å². The second-order valence-corrected chi connectivity index (χ2v) is 3.89. The molecule has 1 atom stereocenters. The molecule has 1 unspecified atom stereocenters. The molecule has 0 aliphatic carbocycles. The zero-order chi connectivity index (χ0) is 9.97. The lowest BCUT2D eigenvalue weighted by atomic mass is 10.00. The van der Waals surface area contributed by atoms with Gasteiger partial charge in [-0.05, 0) is 22.0 Å². The normalized spacial score (nSPS) is 22.4. The summed E-state index contributed by atoms with van der Waals surface area (Å²) in [4.78, 5) is 19.8. The Morgan fingerprint density at radius 1 is 1.57 bits per heavy atom. The van der Waals surface area contributed by atoms with Crippen LogP contribution in [0.2, 0.25) is 0 Å². The number of nitrogens with zero attached hydrogens (tertiary/aromatic N) is 2. The average Bonchev–Trinajstić information content (AvgIpc) is 2.18. The molecule has 0 spiro atoms. The minimum Gasteiger partial charge on any atom is -0.380 e. The van der Waals surface area contributed by atoms with Crippen LogP contribution in [0.15, 0.2) is 16.9 Å². The van der Waals surface area contributed by atoms with Crippen molar-refractivity contribution in [2.24, 2.45) is 0 Å². The van der Waals surface area contributed by atoms with Crippen molar-refractivity contribution in [2.75, 3.05) is 13.2 Å². The molecular weight excluding hydrogens is 248 g/mol. The Hall–Kier alpha value is -0.810. The van der Waals surface area contributed by atoms with E-state index in [4.69, 9.17) is 4.74 Å². The Balaban J connectivity index is 2.24. The number of carbonyl (C=O) groups excluding carboxylic acids is 1. The third-order valence-electron chi connectivity index (χ3n) is 2.12. The van der Waals surface area contributed by atoms with Crippen molar-refractivity contribution >= 4 is 21.7 Å². The van der Waals surface area contributed by atoms with Crippen molar-refractivity contribution in [1.29, 1.82) is 0 Å². The van der Waals surface area contributed by atoms with Crippen molar-refractivity contribution in [3.63, 3.8) is 0 Å². The summed E-state index contributed by atoms with van der Waals surface area (Å²) in [5, 5.41) is 0. The number of halogens is 1. The lowest BCUT2D eigenvalue weighted by molar-refractivity contribution is -0.126. The van der Waals surface area contributed by atoms with Crippen molar-refractivity contribution < 1.29 is 9.53 Å². The van der Waals surface area contributed by atoms with Crippen molar-refractivity contribution in [3.05, 3.63) is 22.7 Å². The van der Waals surface area contributed by atoms with Crippen molar-refractivity contribution in [2.45, 2.75) is 12.3 Å². The predicted molar refractivity (Wildman–Crippen MR) is 52.9 cm³/mol. The molecule has 4 nitrogen and oxygen atoms in total. The molecule has 1 fully saturated rings. The fourth-order valence-electron chi connectivity index (χ4n) is 1.38. The number of aromatic nitrogens is 2. The van der Waals surface area contributed by atoms with E-state index in [1.165, 1.54) is 0 Å². The second-order valence-electron chi connectivity index (χ2n) is 3.08. The molecule has 2 heterocycles. The summed E-state index contributed by atoms with van der Waals surface area (Å²) in [5.41, 5.74) is 0. The number of Topliss-reactive ketones (excluding diaryl/α,β-unsaturated/α-hetero) is 1. The molecule has 0 saturated carbocycles. The molecule has 1 aliphatic rings. The topological polar surface area (TPSA) is 52.1 Å². The second kappa shape index (κ2) is 4.14. The van der Waals surface area contributed by atoms with E-state index in [0.29, 0.717) is 30.1 Å². The van der Waals surface area contributed by atoms with Crippen LogP contribution in [0.5, 0.6) is 0 Å². The zero-order valence-electron chi connectivity index (χ0n) is 7.44. The van der Waals surface area contributed by atoms with Gasteiger partial charge in [-0.3, -0.25) is 4.79 Å². The monoisotopic (exact) mass is 256 g/mol. The maximum Gasteiger partial charge on any atom is 0.148 e. The minimum atomic E-state index is -0.291. The van der Waals surface area contributed by atoms with E-state index < -0.39 is 0 Å². The van der Waals surface area contributed by atoms with Gasteiger partial charge in [-0.25, -0.2) is 9.97 Å². The van der Waals surface area contributed by atoms with Gasteiger partial charge < -0.3 is 4.74 Å². The Labute approximate surface area is 89.8 Å². The first-order valence-corrected chi connectivity index (χ1v) is 5.15. The molecule has 14 heavy (non-hydrogen) atoms. The lowest BCUT2D eigenvalue weighted by Crippen LogP contribution is -2.27. The van der Waals surface area contributed by atoms with Gasteiger partial charge in [-0.15, -0.1) is 0 Å². The van der Waals surface area contributed by atoms with Crippen LogP contribution >= 0.6 is 15.9 Å². The highest BCUT2D eigenvalue weighted by atomic mass is 79.9. The van der Waals surface area contributed by atoms with Gasteiger partial charge in [0.2, 0.25) is 0 Å². The molecule has 1 aliphatic heterocycles. The van der Waals surface area contributed by atoms with E-state index in [9.17, 15) is 4.79 Å². The van der Waals surface area contributed by atoms with E-state index in [0.717, 1.165) is 0 Å². The smallest absolute Gasteiger partial charge is 0.148 e. The Morgan fingerprint density at radius 3 is 3.14 bits per heavy atom. The number of hydrogen-bond acceptors (Lipinski definition) is 4. The van der Waals surface area contributed by atoms with Gasteiger partial charge in [0.25, 0.3) is 0 Å². The molecule has 2 rings (SSSR count). The Kier molecular flexibility index (Phi) is 2.88. The van der Waals surface area contributed by atoms with Gasteiger partial charge in [0.1, 0.15) is 22.1 Å². The van der Waals surface area contributed by atoms with Crippen LogP contribution in [0.3, 0.4) is 0 Å². The lowest BCUT2D eigenvalue weighted by Gasteiger charge is -2.19. The highest BCUT2D eigenvalue weighted by Gasteiger charge is 2.26. The van der Waals surface area contributed by atoms with Gasteiger partial charge in [-0.1, -0.05) is 0 Å². The molecule has 1 aromatic heterocycles. The van der Waals surface area contributed by atoms with E-state index in [-0.39, 0.29) is 11.7 Å². The van der Waals surface area contributed by atoms with Crippen LogP contribution in [0.1, 0.15) is 18.2 Å². The molecule has 1 aromatic rings. The third-order valence-corrected chi connectivity index (χ3v) is 2.56. The first-order valence-electron chi connectivity index (χ1n) is 4.36. The van der Waals surface area contributed by atoms with Crippen molar-refractivity contribution in [3.8, 4) is 0 Å². The number of rotatable bonds is 1. The van der Waals surface area contributed by atoms with Gasteiger partial charge in [0, 0.05) is 12.6 Å². The zero-order valence-corrected chi connectivity index (χ0v) is 9.03. The summed E-state index contributed by atoms with van der Waals surface area (Å²) in [6.07, 6.45) is 2.09. The average molecular weight is 257 g/mol. The molecule has 0 bridgehead atoms. The fraction of sp³-hybridized carbons (Fsp3) is 0.444. The maximum absolute atomic E-state index is 11.5. The van der Waals surface area contributed by atoms with Gasteiger partial charge in [0.05, 0.1) is 13.2 Å². The number of ether oxygens (including phenoxy) is 1. The summed E-state index contributed by atoms with van der Waals surface area (Å²) in [6.45, 7) is 0.915. The Morgan fingerprint density at radius 2 is 2.43 bits per heavy atom. The SMILES string of the molecule is O=C1CCOCC1c1nccc(Br)n1. The largest absolute Gasteiger partial charge is 0.380 e. The highest BCUT2D eigenvalue weighted by Crippen LogP contribution is 2.20. The molecule has 0 radical (unpaired) electrons. The summed E-state index contributed by atoms with van der Waals surface area (Å²) in [6, 6.07) is 1.73. The predicted octanol–water partition coefficient (Wildman–Crippen LogP) is 1.31. The number of ketones is 1. The van der Waals surface area contributed by atoms with Crippen LogP contribution < -0.4 is 0 Å². The first kappa shape index (κ1) is 9.73. The van der Waals surface area contributed by atoms with Gasteiger partial charge in [-0.2, -0.15) is 0 Å². The van der Waals surface area contributed by atoms with E-state index in [1.807, 2.05) is 0 Å². The number of hydrogen-bond donors (Lipinski definition) is 0. The quantitative estimate of drug-likeness (QED) is 0.712. The molecule has 1 saturated heterocycles. The van der Waals surface area contributed by atoms with Crippen LogP contribution in [-0.2, 0) is 9.53 Å². The summed E-state index contributed by atoms with van der Waals surface area (Å²) < 4.78 is 5.93. The molecule has 0 amide bonds. The summed E-state index contributed by atoms with van der Waals surface area (Å²) in [5.74, 6) is 0.416. The van der Waals surface area contributed by atoms with Crippen LogP contribution in [0.25, 0.3) is 0 Å². The van der Waals surface area contributed by atoms with E-state index in [1.54, 1.807) is 12.3 Å². The minimum absolute atomic E-state index is 0.161. The molecule has 5 heteroatoms. The molecular formula is C9H9BrN2O2. The van der Waals surface area contributed by atoms with E-state index >= 15 is 0 Å². The van der Waals surface area contributed by atoms with Gasteiger partial charge >= 0.3 is 0 Å². The van der Waals surface area contributed by atoms with Crippen LogP contribution in [0, 0.1) is 0 Å². The molecule has 0 N–H and O–H groups in total. The maximum atomic E-state index is 11.5. The molecule has 74 valence electrons. The van der Waals surface area contributed by atoms with Crippen LogP contribution in [0.4, 0.5) is 0 Å². The summed E-state index contributed by atoms with van der Waals surface area (Å²) in [7, 11) is 0. The number of carbonyl (C=O) groups is 1. The highest BCUT2D eigenvalue weighted by molar-refractivity contribution is 9.10. The standard InChI is InChI=1S/C9H9BrN2O2/c10-8-1-3-11-9(12-8)6-5-14-4-2-7(6)13/h1,3,6H,2,4-5H2. The first-order chi connectivity index (χ1) is 6.77. The third kappa shape index (κ3) is 1.99. The fourth-order valence-corrected chi connectivity index (χ4v) is 1.68. The van der Waals surface area contributed by atoms with Crippen molar-refractivity contribution in [1.82, 2.24) is 9.97 Å². The van der Waals surface area contributed by atoms with E-state index in [2.05, 4.69) is 25.9 Å². The van der Waals surface area contributed by atoms with Gasteiger partial charge in [0.15, 0.2) is 0 Å². The molecule has 0 aromatic carbocycles.